The van der Waals surface area contributed by atoms with Crippen molar-refractivity contribution < 1.29 is 4.79 Å². The van der Waals surface area contributed by atoms with Gasteiger partial charge < -0.3 is 5.32 Å². The second-order valence-electron chi connectivity index (χ2n) is 5.01. The minimum Gasteiger partial charge on any atom is -0.322 e. The molecular weight excluding hydrogens is 262 g/mol. The zero-order valence-electron chi connectivity index (χ0n) is 11.9. The number of aromatic nitrogens is 2. The molecule has 2 heterocycles. The Kier molecular flexibility index (Phi) is 3.36. The molecule has 0 saturated carbocycles. The Balaban J connectivity index is 1.93. The Bertz CT molecular complexity index is 810. The fourth-order valence-electron chi connectivity index (χ4n) is 2.18. The summed E-state index contributed by atoms with van der Waals surface area (Å²) in [6.45, 7) is 3.85. The van der Waals surface area contributed by atoms with Crippen molar-refractivity contribution in [1.29, 1.82) is 0 Å². The molecule has 0 unspecified atom stereocenters. The van der Waals surface area contributed by atoms with E-state index in [0.29, 0.717) is 11.3 Å². The summed E-state index contributed by atoms with van der Waals surface area (Å²) in [5.74, 6) is -0.158. The molecule has 4 heteroatoms. The molecule has 3 rings (SSSR count). The highest BCUT2D eigenvalue weighted by Crippen LogP contribution is 2.17. The van der Waals surface area contributed by atoms with E-state index in [-0.39, 0.29) is 5.91 Å². The number of benzene rings is 1. The molecule has 2 aromatic heterocycles. The van der Waals surface area contributed by atoms with Crippen LogP contribution < -0.4 is 5.32 Å². The van der Waals surface area contributed by atoms with Crippen LogP contribution in [-0.2, 0) is 0 Å². The van der Waals surface area contributed by atoms with Gasteiger partial charge in [-0.25, -0.2) is 0 Å². The smallest absolute Gasteiger partial charge is 0.257 e. The fourth-order valence-corrected chi connectivity index (χ4v) is 2.18. The van der Waals surface area contributed by atoms with Crippen molar-refractivity contribution in [1.82, 2.24) is 9.97 Å². The van der Waals surface area contributed by atoms with Crippen molar-refractivity contribution in [3.05, 3.63) is 65.6 Å². The van der Waals surface area contributed by atoms with Crippen molar-refractivity contribution >= 4 is 22.5 Å². The van der Waals surface area contributed by atoms with Crippen LogP contribution in [0.25, 0.3) is 10.9 Å². The van der Waals surface area contributed by atoms with E-state index in [0.717, 1.165) is 22.2 Å². The number of hydrogen-bond donors (Lipinski definition) is 1. The minimum atomic E-state index is -0.158. The first-order chi connectivity index (χ1) is 10.1. The lowest BCUT2D eigenvalue weighted by atomic mass is 10.1. The van der Waals surface area contributed by atoms with Gasteiger partial charge in [0.25, 0.3) is 5.91 Å². The minimum absolute atomic E-state index is 0.158. The second kappa shape index (κ2) is 5.32. The quantitative estimate of drug-likeness (QED) is 0.780. The Morgan fingerprint density at radius 1 is 1.10 bits per heavy atom. The molecule has 1 amide bonds. The largest absolute Gasteiger partial charge is 0.322 e. The van der Waals surface area contributed by atoms with Gasteiger partial charge in [0, 0.05) is 23.5 Å². The summed E-state index contributed by atoms with van der Waals surface area (Å²) in [6.07, 6.45) is 3.41. The molecule has 0 aliphatic heterocycles. The van der Waals surface area contributed by atoms with E-state index in [1.54, 1.807) is 12.4 Å². The zero-order chi connectivity index (χ0) is 14.8. The summed E-state index contributed by atoms with van der Waals surface area (Å²) < 4.78 is 0. The Hall–Kier alpha value is -2.75. The highest BCUT2D eigenvalue weighted by Gasteiger charge is 2.12. The van der Waals surface area contributed by atoms with Crippen LogP contribution in [0, 0.1) is 13.8 Å². The first-order valence-corrected chi connectivity index (χ1v) is 6.73. The maximum Gasteiger partial charge on any atom is 0.257 e. The third-order valence-electron chi connectivity index (χ3n) is 3.36. The van der Waals surface area contributed by atoms with Gasteiger partial charge in [-0.15, -0.1) is 0 Å². The molecule has 0 fully saturated rings. The van der Waals surface area contributed by atoms with Gasteiger partial charge in [-0.1, -0.05) is 17.7 Å². The van der Waals surface area contributed by atoms with Crippen molar-refractivity contribution in [2.45, 2.75) is 13.8 Å². The van der Waals surface area contributed by atoms with Crippen LogP contribution in [0.3, 0.4) is 0 Å². The number of amides is 1. The molecule has 1 aromatic carbocycles. The molecule has 3 aromatic rings. The number of nitrogens with one attached hydrogen (secondary N) is 1. The van der Waals surface area contributed by atoms with Gasteiger partial charge in [-0.3, -0.25) is 14.8 Å². The van der Waals surface area contributed by atoms with Crippen LogP contribution in [0.15, 0.2) is 48.8 Å². The average molecular weight is 277 g/mol. The molecule has 0 atom stereocenters. The third kappa shape index (κ3) is 2.74. The van der Waals surface area contributed by atoms with Gasteiger partial charge in [-0.05, 0) is 38.1 Å². The van der Waals surface area contributed by atoms with Gasteiger partial charge >= 0.3 is 0 Å². The summed E-state index contributed by atoms with van der Waals surface area (Å²) in [5.41, 5.74) is 4.04. The predicted octanol–water partition coefficient (Wildman–Crippen LogP) is 3.50. The van der Waals surface area contributed by atoms with E-state index in [1.807, 2.05) is 50.2 Å². The molecule has 1 N–H and O–H groups in total. The number of anilines is 1. The highest BCUT2D eigenvalue weighted by molar-refractivity contribution is 6.06. The first-order valence-electron chi connectivity index (χ1n) is 6.73. The molecule has 0 bridgehead atoms. The van der Waals surface area contributed by atoms with E-state index >= 15 is 0 Å². The summed E-state index contributed by atoms with van der Waals surface area (Å²) >= 11 is 0. The molecule has 21 heavy (non-hydrogen) atoms. The molecule has 0 aliphatic carbocycles. The summed E-state index contributed by atoms with van der Waals surface area (Å²) in [7, 11) is 0. The van der Waals surface area contributed by atoms with Crippen LogP contribution >= 0.6 is 0 Å². The highest BCUT2D eigenvalue weighted by atomic mass is 16.1. The molecule has 0 aliphatic rings. The normalized spacial score (nSPS) is 10.6. The Morgan fingerprint density at radius 3 is 2.62 bits per heavy atom. The van der Waals surface area contributed by atoms with Gasteiger partial charge in [0.05, 0.1) is 16.8 Å². The molecule has 104 valence electrons. The van der Waals surface area contributed by atoms with Gasteiger partial charge in [-0.2, -0.15) is 0 Å². The van der Waals surface area contributed by atoms with E-state index in [4.69, 9.17) is 0 Å². The zero-order valence-corrected chi connectivity index (χ0v) is 11.9. The molecule has 4 nitrogen and oxygen atoms in total. The maximum atomic E-state index is 12.4. The SMILES string of the molecule is Cc1ccc(NC(=O)c2cc3cnccc3nc2C)cc1. The van der Waals surface area contributed by atoms with Crippen molar-refractivity contribution in [3.63, 3.8) is 0 Å². The Morgan fingerprint density at radius 2 is 1.86 bits per heavy atom. The third-order valence-corrected chi connectivity index (χ3v) is 3.36. The number of hydrogen-bond acceptors (Lipinski definition) is 3. The van der Waals surface area contributed by atoms with Crippen molar-refractivity contribution in [2.75, 3.05) is 5.32 Å². The fraction of sp³-hybridized carbons (Fsp3) is 0.118. The second-order valence-corrected chi connectivity index (χ2v) is 5.01. The van der Waals surface area contributed by atoms with Gasteiger partial charge in [0.15, 0.2) is 0 Å². The number of pyridine rings is 2. The summed E-state index contributed by atoms with van der Waals surface area (Å²) in [4.78, 5) is 20.9. The summed E-state index contributed by atoms with van der Waals surface area (Å²) in [5, 5.41) is 3.75. The standard InChI is InChI=1S/C17H15N3O/c1-11-3-5-14(6-4-11)20-17(21)15-9-13-10-18-8-7-16(13)19-12(15)2/h3-10H,1-2H3,(H,20,21). The monoisotopic (exact) mass is 277 g/mol. The van der Waals surface area contributed by atoms with Gasteiger partial charge in [0.2, 0.25) is 0 Å². The lowest BCUT2D eigenvalue weighted by Gasteiger charge is -2.09. The lowest BCUT2D eigenvalue weighted by Crippen LogP contribution is -2.14. The number of rotatable bonds is 2. The van der Waals surface area contributed by atoms with E-state index in [9.17, 15) is 4.79 Å². The van der Waals surface area contributed by atoms with Crippen LogP contribution in [0.1, 0.15) is 21.6 Å². The number of carbonyl (C=O) groups excluding carboxylic acids is 1. The van der Waals surface area contributed by atoms with Crippen molar-refractivity contribution in [2.24, 2.45) is 0 Å². The molecule has 0 radical (unpaired) electrons. The van der Waals surface area contributed by atoms with Crippen molar-refractivity contribution in [3.8, 4) is 0 Å². The van der Waals surface area contributed by atoms with Crippen LogP contribution in [-0.4, -0.2) is 15.9 Å². The Labute approximate surface area is 122 Å². The maximum absolute atomic E-state index is 12.4. The average Bonchev–Trinajstić information content (AvgIpc) is 2.49. The van der Waals surface area contributed by atoms with E-state index in [1.165, 1.54) is 0 Å². The first kappa shape index (κ1) is 13.2. The molecule has 0 saturated heterocycles. The number of nitrogens with zero attached hydrogens (tertiary/aromatic N) is 2. The van der Waals surface area contributed by atoms with E-state index < -0.39 is 0 Å². The molecule has 0 spiro atoms. The van der Waals surface area contributed by atoms with Crippen LogP contribution in [0.5, 0.6) is 0 Å². The lowest BCUT2D eigenvalue weighted by molar-refractivity contribution is 0.102. The predicted molar refractivity (Wildman–Crippen MR) is 83.4 cm³/mol. The number of aryl methyl sites for hydroxylation is 2. The number of carbonyl (C=O) groups is 1. The topological polar surface area (TPSA) is 54.9 Å². The van der Waals surface area contributed by atoms with Crippen LogP contribution in [0.4, 0.5) is 5.69 Å². The van der Waals surface area contributed by atoms with E-state index in [2.05, 4.69) is 15.3 Å². The number of fused-ring (bicyclic) bond motifs is 1. The molecular formula is C17H15N3O. The summed E-state index contributed by atoms with van der Waals surface area (Å²) in [6, 6.07) is 11.4. The van der Waals surface area contributed by atoms with Crippen LogP contribution in [0.2, 0.25) is 0 Å². The van der Waals surface area contributed by atoms with Gasteiger partial charge in [0.1, 0.15) is 0 Å².